The number of hydrogen-bond donors (Lipinski definition) is 1. The van der Waals surface area contributed by atoms with Crippen molar-refractivity contribution in [2.45, 2.75) is 6.92 Å². The van der Waals surface area contributed by atoms with Crippen molar-refractivity contribution in [3.63, 3.8) is 0 Å². The predicted octanol–water partition coefficient (Wildman–Crippen LogP) is 3.84. The molecule has 2 aromatic heterocycles. The van der Waals surface area contributed by atoms with Gasteiger partial charge in [-0.1, -0.05) is 29.8 Å². The summed E-state index contributed by atoms with van der Waals surface area (Å²) in [6.45, 7) is 1.84. The number of nitrogens with zero attached hydrogens (tertiary/aromatic N) is 2. The van der Waals surface area contributed by atoms with E-state index in [0.717, 1.165) is 16.5 Å². The zero-order valence-electron chi connectivity index (χ0n) is 11.3. The molecule has 1 aromatic carbocycles. The minimum absolute atomic E-state index is 0.197. The van der Waals surface area contributed by atoms with Crippen LogP contribution in [-0.2, 0) is 0 Å². The first-order valence-corrected chi connectivity index (χ1v) is 6.80. The molecule has 0 atom stereocenters. The van der Waals surface area contributed by atoms with Crippen LogP contribution in [0.25, 0.3) is 10.9 Å². The summed E-state index contributed by atoms with van der Waals surface area (Å²) in [6.07, 6.45) is 3.17. The van der Waals surface area contributed by atoms with Gasteiger partial charge in [0, 0.05) is 11.6 Å². The Kier molecular flexibility index (Phi) is 3.54. The molecule has 0 saturated heterocycles. The number of rotatable bonds is 2. The lowest BCUT2D eigenvalue weighted by molar-refractivity contribution is 0.102. The Labute approximate surface area is 126 Å². The van der Waals surface area contributed by atoms with Gasteiger partial charge in [0.15, 0.2) is 0 Å². The Balaban J connectivity index is 1.95. The molecule has 0 radical (unpaired) electrons. The van der Waals surface area contributed by atoms with Crippen LogP contribution in [-0.4, -0.2) is 15.9 Å². The van der Waals surface area contributed by atoms with Gasteiger partial charge in [0.05, 0.1) is 23.0 Å². The molecule has 2 heterocycles. The molecule has 0 spiro atoms. The summed E-state index contributed by atoms with van der Waals surface area (Å²) in [5.74, 6) is -0.197. The first kappa shape index (κ1) is 13.5. The van der Waals surface area contributed by atoms with E-state index in [1.54, 1.807) is 18.3 Å². The fourth-order valence-electron chi connectivity index (χ4n) is 2.12. The Hall–Kier alpha value is -2.46. The summed E-state index contributed by atoms with van der Waals surface area (Å²) in [5.41, 5.74) is 2.79. The maximum absolute atomic E-state index is 12.4. The van der Waals surface area contributed by atoms with Crippen molar-refractivity contribution >= 4 is 34.1 Å². The third kappa shape index (κ3) is 2.71. The molecule has 0 aliphatic rings. The number of para-hydroxylation sites is 1. The zero-order chi connectivity index (χ0) is 14.8. The number of aromatic nitrogens is 2. The summed E-state index contributed by atoms with van der Waals surface area (Å²) in [4.78, 5) is 20.7. The van der Waals surface area contributed by atoms with Gasteiger partial charge in [0.1, 0.15) is 5.15 Å². The number of benzene rings is 1. The highest BCUT2D eigenvalue weighted by Gasteiger charge is 2.11. The number of carbonyl (C=O) groups is 1. The highest BCUT2D eigenvalue weighted by atomic mass is 35.5. The number of amides is 1. The maximum Gasteiger partial charge on any atom is 0.256 e. The van der Waals surface area contributed by atoms with Gasteiger partial charge in [0.2, 0.25) is 0 Å². The first-order chi connectivity index (χ1) is 10.1. The van der Waals surface area contributed by atoms with Gasteiger partial charge in [-0.05, 0) is 30.7 Å². The fraction of sp³-hybridized carbons (Fsp3) is 0.0625. The number of nitrogens with one attached hydrogen (secondary N) is 1. The number of fused-ring (bicyclic) bond motifs is 1. The summed E-state index contributed by atoms with van der Waals surface area (Å²) in [5, 5.41) is 4.08. The lowest BCUT2D eigenvalue weighted by Gasteiger charge is -2.08. The molecular weight excluding hydrogens is 286 g/mol. The van der Waals surface area contributed by atoms with E-state index in [1.165, 1.54) is 6.20 Å². The van der Waals surface area contributed by atoms with Crippen LogP contribution in [0.4, 0.5) is 5.69 Å². The largest absolute Gasteiger partial charge is 0.321 e. The van der Waals surface area contributed by atoms with Crippen LogP contribution in [0, 0.1) is 6.92 Å². The number of anilines is 1. The van der Waals surface area contributed by atoms with E-state index in [1.807, 2.05) is 31.2 Å². The van der Waals surface area contributed by atoms with Gasteiger partial charge in [0.25, 0.3) is 5.91 Å². The maximum atomic E-state index is 12.4. The number of carbonyl (C=O) groups excluding carboxylic acids is 1. The van der Waals surface area contributed by atoms with Crippen LogP contribution < -0.4 is 5.32 Å². The van der Waals surface area contributed by atoms with Crippen LogP contribution in [0.2, 0.25) is 5.15 Å². The fourth-order valence-corrected chi connectivity index (χ4v) is 2.22. The molecule has 1 amide bonds. The van der Waals surface area contributed by atoms with Crippen LogP contribution >= 0.6 is 11.6 Å². The first-order valence-electron chi connectivity index (χ1n) is 6.42. The van der Waals surface area contributed by atoms with Gasteiger partial charge >= 0.3 is 0 Å². The molecule has 5 heteroatoms. The minimum atomic E-state index is -0.197. The van der Waals surface area contributed by atoms with E-state index < -0.39 is 0 Å². The molecule has 4 nitrogen and oxygen atoms in total. The SMILES string of the molecule is Cc1cc(NC(=O)c2ccnc3ccccc23)cnc1Cl. The van der Waals surface area contributed by atoms with Crippen LogP contribution in [0.5, 0.6) is 0 Å². The Morgan fingerprint density at radius 1 is 1.19 bits per heavy atom. The van der Waals surface area contributed by atoms with Crippen molar-refractivity contribution in [1.29, 1.82) is 0 Å². The second-order valence-corrected chi connectivity index (χ2v) is 5.02. The summed E-state index contributed by atoms with van der Waals surface area (Å²) >= 11 is 5.88. The van der Waals surface area contributed by atoms with Crippen molar-refractivity contribution in [1.82, 2.24) is 9.97 Å². The molecule has 21 heavy (non-hydrogen) atoms. The highest BCUT2D eigenvalue weighted by molar-refractivity contribution is 6.30. The van der Waals surface area contributed by atoms with E-state index in [0.29, 0.717) is 16.4 Å². The summed E-state index contributed by atoms with van der Waals surface area (Å²) in [7, 11) is 0. The molecule has 3 aromatic rings. The van der Waals surface area contributed by atoms with Crippen molar-refractivity contribution in [2.75, 3.05) is 5.32 Å². The van der Waals surface area contributed by atoms with Crippen molar-refractivity contribution in [2.24, 2.45) is 0 Å². The topological polar surface area (TPSA) is 54.9 Å². The van der Waals surface area contributed by atoms with Gasteiger partial charge in [-0.2, -0.15) is 0 Å². The Bertz CT molecular complexity index is 827. The Morgan fingerprint density at radius 2 is 2.00 bits per heavy atom. The van der Waals surface area contributed by atoms with Crippen molar-refractivity contribution in [3.8, 4) is 0 Å². The normalized spacial score (nSPS) is 10.6. The number of aryl methyl sites for hydroxylation is 1. The molecule has 0 bridgehead atoms. The van der Waals surface area contributed by atoms with E-state index in [9.17, 15) is 4.79 Å². The predicted molar refractivity (Wildman–Crippen MR) is 83.7 cm³/mol. The van der Waals surface area contributed by atoms with Crippen LogP contribution in [0.1, 0.15) is 15.9 Å². The minimum Gasteiger partial charge on any atom is -0.321 e. The number of hydrogen-bond acceptors (Lipinski definition) is 3. The van der Waals surface area contributed by atoms with Crippen LogP contribution in [0.3, 0.4) is 0 Å². The second-order valence-electron chi connectivity index (χ2n) is 4.66. The van der Waals surface area contributed by atoms with Crippen LogP contribution in [0.15, 0.2) is 48.8 Å². The quantitative estimate of drug-likeness (QED) is 0.731. The lowest BCUT2D eigenvalue weighted by Crippen LogP contribution is -2.13. The smallest absolute Gasteiger partial charge is 0.256 e. The number of halogens is 1. The molecule has 0 saturated carbocycles. The zero-order valence-corrected chi connectivity index (χ0v) is 12.1. The van der Waals surface area contributed by atoms with Gasteiger partial charge in [-0.3, -0.25) is 9.78 Å². The molecule has 104 valence electrons. The van der Waals surface area contributed by atoms with Gasteiger partial charge in [-0.15, -0.1) is 0 Å². The monoisotopic (exact) mass is 297 g/mol. The molecule has 0 aliphatic heterocycles. The third-order valence-corrected chi connectivity index (χ3v) is 3.56. The van der Waals surface area contributed by atoms with E-state index >= 15 is 0 Å². The summed E-state index contributed by atoms with van der Waals surface area (Å²) < 4.78 is 0. The van der Waals surface area contributed by atoms with Gasteiger partial charge in [-0.25, -0.2) is 4.98 Å². The molecule has 0 aliphatic carbocycles. The van der Waals surface area contributed by atoms with E-state index in [4.69, 9.17) is 11.6 Å². The standard InChI is InChI=1S/C16H12ClN3O/c1-10-8-11(9-19-15(10)17)20-16(21)13-6-7-18-14-5-3-2-4-12(13)14/h2-9H,1H3,(H,20,21). The molecule has 0 fully saturated rings. The van der Waals surface area contributed by atoms with Gasteiger partial charge < -0.3 is 5.32 Å². The van der Waals surface area contributed by atoms with E-state index in [-0.39, 0.29) is 5.91 Å². The second kappa shape index (κ2) is 5.50. The summed E-state index contributed by atoms with van der Waals surface area (Å²) in [6, 6.07) is 11.0. The molecule has 3 rings (SSSR count). The third-order valence-electron chi connectivity index (χ3n) is 3.17. The molecular formula is C16H12ClN3O. The highest BCUT2D eigenvalue weighted by Crippen LogP contribution is 2.20. The van der Waals surface area contributed by atoms with Crippen molar-refractivity contribution < 1.29 is 4.79 Å². The average Bonchev–Trinajstić information content (AvgIpc) is 2.50. The number of pyridine rings is 2. The Morgan fingerprint density at radius 3 is 2.81 bits per heavy atom. The molecule has 1 N–H and O–H groups in total. The average molecular weight is 298 g/mol. The molecule has 0 unspecified atom stereocenters. The van der Waals surface area contributed by atoms with E-state index in [2.05, 4.69) is 15.3 Å². The van der Waals surface area contributed by atoms with Crippen molar-refractivity contribution in [3.05, 3.63) is 65.1 Å². The lowest BCUT2D eigenvalue weighted by atomic mass is 10.1.